The first-order chi connectivity index (χ1) is 13.2. The number of halogens is 3. The zero-order valence-electron chi connectivity index (χ0n) is 16.6. The molecule has 0 atom stereocenters. The first-order valence-corrected chi connectivity index (χ1v) is 9.42. The van der Waals surface area contributed by atoms with Crippen LogP contribution in [0.2, 0.25) is 0 Å². The van der Waals surface area contributed by atoms with Crippen LogP contribution in [-0.2, 0) is 6.18 Å². The molecule has 1 aliphatic carbocycles. The predicted molar refractivity (Wildman–Crippen MR) is 102 cm³/mol. The van der Waals surface area contributed by atoms with Crippen LogP contribution >= 0.6 is 0 Å². The Hall–Kier alpha value is -2.20. The summed E-state index contributed by atoms with van der Waals surface area (Å²) >= 11 is 0. The average Bonchev–Trinajstić information content (AvgIpc) is 2.64. The summed E-state index contributed by atoms with van der Waals surface area (Å²) in [6, 6.07) is 4.19. The molecule has 0 N–H and O–H groups in total. The number of hydrogen-bond donors (Lipinski definition) is 0. The smallest absolute Gasteiger partial charge is 0.410 e. The van der Waals surface area contributed by atoms with Crippen LogP contribution in [0.3, 0.4) is 0 Å². The van der Waals surface area contributed by atoms with Crippen LogP contribution in [0.4, 0.5) is 18.0 Å². The molecule has 1 fully saturated rings. The summed E-state index contributed by atoms with van der Waals surface area (Å²) < 4.78 is 43.0. The van der Waals surface area contributed by atoms with E-state index in [9.17, 15) is 18.0 Å². The first-order valence-electron chi connectivity index (χ1n) is 9.42. The molecule has 0 radical (unpaired) electrons. The molecule has 1 aliphatic rings. The third-order valence-electron chi connectivity index (χ3n) is 4.91. The molecule has 7 heteroatoms. The van der Waals surface area contributed by atoms with Gasteiger partial charge in [-0.15, -0.1) is 5.92 Å². The van der Waals surface area contributed by atoms with E-state index in [4.69, 9.17) is 4.74 Å². The van der Waals surface area contributed by atoms with Crippen LogP contribution in [0.1, 0.15) is 37.7 Å². The molecule has 154 valence electrons. The highest BCUT2D eigenvalue weighted by molar-refractivity contribution is 5.70. The van der Waals surface area contributed by atoms with Gasteiger partial charge in [0, 0.05) is 32.0 Å². The Labute approximate surface area is 164 Å². The molecule has 28 heavy (non-hydrogen) atoms. The number of amides is 1. The number of hydrogen-bond acceptors (Lipinski definition) is 3. The lowest BCUT2D eigenvalue weighted by molar-refractivity contribution is -0.137. The third kappa shape index (κ3) is 6.75. The molecule has 1 amide bonds. The Morgan fingerprint density at radius 3 is 2.25 bits per heavy atom. The Kier molecular flexibility index (Phi) is 7.76. The maximum absolute atomic E-state index is 12.6. The van der Waals surface area contributed by atoms with E-state index in [2.05, 4.69) is 16.7 Å². The van der Waals surface area contributed by atoms with Crippen molar-refractivity contribution in [2.75, 3.05) is 27.7 Å². The van der Waals surface area contributed by atoms with Gasteiger partial charge in [0.2, 0.25) is 0 Å². The van der Waals surface area contributed by atoms with Gasteiger partial charge in [0.1, 0.15) is 5.75 Å². The predicted octanol–water partition coefficient (Wildman–Crippen LogP) is 4.65. The lowest BCUT2D eigenvalue weighted by atomic mass is 9.86. The van der Waals surface area contributed by atoms with Gasteiger partial charge in [-0.05, 0) is 64.0 Å². The second-order valence-corrected chi connectivity index (χ2v) is 7.38. The number of ether oxygens (including phenoxy) is 1. The number of alkyl halides is 3. The Morgan fingerprint density at radius 2 is 1.71 bits per heavy atom. The van der Waals surface area contributed by atoms with Crippen molar-refractivity contribution < 1.29 is 22.7 Å². The SMILES string of the molecule is CN(C)CCC#CC1CCC(N(C)C(=O)Oc2ccc(C(F)(F)F)cc2)CC1. The lowest BCUT2D eigenvalue weighted by Crippen LogP contribution is -2.40. The van der Waals surface area contributed by atoms with Crippen molar-refractivity contribution >= 4 is 6.09 Å². The molecule has 1 aromatic carbocycles. The average molecular weight is 396 g/mol. The van der Waals surface area contributed by atoms with Gasteiger partial charge in [0.25, 0.3) is 0 Å². The minimum Gasteiger partial charge on any atom is -0.410 e. The number of rotatable bonds is 4. The van der Waals surface area contributed by atoms with E-state index in [0.717, 1.165) is 62.9 Å². The quantitative estimate of drug-likeness (QED) is 0.695. The normalized spacial score (nSPS) is 19.7. The second kappa shape index (κ2) is 9.83. The highest BCUT2D eigenvalue weighted by Crippen LogP contribution is 2.31. The zero-order chi connectivity index (χ0) is 20.7. The third-order valence-corrected chi connectivity index (χ3v) is 4.91. The van der Waals surface area contributed by atoms with E-state index in [1.165, 1.54) is 4.90 Å². The molecule has 4 nitrogen and oxygen atoms in total. The van der Waals surface area contributed by atoms with Crippen molar-refractivity contribution in [1.29, 1.82) is 0 Å². The van der Waals surface area contributed by atoms with Gasteiger partial charge in [0.05, 0.1) is 5.56 Å². The van der Waals surface area contributed by atoms with Crippen LogP contribution in [0.5, 0.6) is 5.75 Å². The van der Waals surface area contributed by atoms with Gasteiger partial charge in [-0.1, -0.05) is 5.92 Å². The summed E-state index contributed by atoms with van der Waals surface area (Å²) in [5, 5.41) is 0. The minimum absolute atomic E-state index is 0.0572. The van der Waals surface area contributed by atoms with E-state index < -0.39 is 17.8 Å². The fraction of sp³-hybridized carbons (Fsp3) is 0.571. The highest BCUT2D eigenvalue weighted by atomic mass is 19.4. The molecule has 2 rings (SSSR count). The van der Waals surface area contributed by atoms with Crippen LogP contribution in [-0.4, -0.2) is 49.6 Å². The zero-order valence-corrected chi connectivity index (χ0v) is 16.6. The van der Waals surface area contributed by atoms with E-state index in [1.54, 1.807) is 7.05 Å². The summed E-state index contributed by atoms with van der Waals surface area (Å²) in [5.74, 6) is 7.00. The monoisotopic (exact) mass is 396 g/mol. The van der Waals surface area contributed by atoms with Crippen LogP contribution in [0.15, 0.2) is 24.3 Å². The van der Waals surface area contributed by atoms with E-state index in [0.29, 0.717) is 5.92 Å². The summed E-state index contributed by atoms with van der Waals surface area (Å²) in [6.45, 7) is 0.945. The highest BCUT2D eigenvalue weighted by Gasteiger charge is 2.30. The van der Waals surface area contributed by atoms with Crippen molar-refractivity contribution in [1.82, 2.24) is 9.80 Å². The van der Waals surface area contributed by atoms with Gasteiger partial charge in [-0.2, -0.15) is 13.2 Å². The Balaban J connectivity index is 1.81. The van der Waals surface area contributed by atoms with Crippen molar-refractivity contribution in [2.45, 2.75) is 44.3 Å². The van der Waals surface area contributed by atoms with E-state index in [1.807, 2.05) is 14.1 Å². The molecular weight excluding hydrogens is 369 g/mol. The standard InChI is InChI=1S/C21H27F3N2O2/c1-25(2)15-5-4-6-16-7-11-18(12-8-16)26(3)20(27)28-19-13-9-17(10-14-19)21(22,23)24/h9-10,13-14,16,18H,5,7-8,11-12,15H2,1-3H3. The van der Waals surface area contributed by atoms with E-state index >= 15 is 0 Å². The number of benzene rings is 1. The maximum atomic E-state index is 12.6. The first kappa shape index (κ1) is 22.1. The summed E-state index contributed by atoms with van der Waals surface area (Å²) in [7, 11) is 5.71. The van der Waals surface area contributed by atoms with Gasteiger partial charge in [-0.25, -0.2) is 4.79 Å². The lowest BCUT2D eigenvalue weighted by Gasteiger charge is -2.32. The number of carbonyl (C=O) groups is 1. The topological polar surface area (TPSA) is 32.8 Å². The fourth-order valence-corrected chi connectivity index (χ4v) is 3.14. The Morgan fingerprint density at radius 1 is 1.11 bits per heavy atom. The molecule has 1 saturated carbocycles. The largest absolute Gasteiger partial charge is 0.416 e. The van der Waals surface area contributed by atoms with Crippen LogP contribution in [0, 0.1) is 17.8 Å². The van der Waals surface area contributed by atoms with Gasteiger partial charge in [0.15, 0.2) is 0 Å². The summed E-state index contributed by atoms with van der Waals surface area (Å²) in [4.78, 5) is 15.9. The molecular formula is C21H27F3N2O2. The molecule has 0 saturated heterocycles. The number of nitrogens with zero attached hydrogens (tertiary/aromatic N) is 2. The van der Waals surface area contributed by atoms with Crippen molar-refractivity contribution in [3.05, 3.63) is 29.8 Å². The molecule has 0 spiro atoms. The fourth-order valence-electron chi connectivity index (χ4n) is 3.14. The summed E-state index contributed by atoms with van der Waals surface area (Å²) in [6.07, 6.45) is -0.577. The second-order valence-electron chi connectivity index (χ2n) is 7.38. The number of carbonyl (C=O) groups excluding carboxylic acids is 1. The summed E-state index contributed by atoms with van der Waals surface area (Å²) in [5.41, 5.74) is -0.773. The van der Waals surface area contributed by atoms with Crippen LogP contribution < -0.4 is 4.74 Å². The van der Waals surface area contributed by atoms with E-state index in [-0.39, 0.29) is 11.8 Å². The van der Waals surface area contributed by atoms with Crippen molar-refractivity contribution in [3.8, 4) is 17.6 Å². The van der Waals surface area contributed by atoms with Gasteiger partial charge in [-0.3, -0.25) is 0 Å². The van der Waals surface area contributed by atoms with Crippen molar-refractivity contribution in [3.63, 3.8) is 0 Å². The van der Waals surface area contributed by atoms with Gasteiger partial charge >= 0.3 is 12.3 Å². The molecule has 0 heterocycles. The Bertz CT molecular complexity index is 697. The maximum Gasteiger partial charge on any atom is 0.416 e. The molecule has 0 bridgehead atoms. The van der Waals surface area contributed by atoms with Crippen molar-refractivity contribution in [2.24, 2.45) is 5.92 Å². The molecule has 0 aliphatic heterocycles. The minimum atomic E-state index is -4.41. The molecule has 1 aromatic rings. The molecule has 0 unspecified atom stereocenters. The molecule has 0 aromatic heterocycles. The van der Waals surface area contributed by atoms with Gasteiger partial charge < -0.3 is 14.5 Å². The van der Waals surface area contributed by atoms with Crippen LogP contribution in [0.25, 0.3) is 0 Å².